The monoisotopic (exact) mass is 623 g/mol. The van der Waals surface area contributed by atoms with Crippen molar-refractivity contribution < 1.29 is 33.0 Å². The van der Waals surface area contributed by atoms with E-state index >= 15 is 0 Å². The molecule has 1 aliphatic rings. The molecule has 0 radical (unpaired) electrons. The number of furan rings is 1. The summed E-state index contributed by atoms with van der Waals surface area (Å²) in [6.07, 6.45) is 1.73. The molecule has 10 nitrogen and oxygen atoms in total. The van der Waals surface area contributed by atoms with Gasteiger partial charge < -0.3 is 23.4 Å². The minimum atomic E-state index is -1.10. The number of rotatable bonds is 10. The maximum Gasteiger partial charge on any atom is 0.303 e. The number of hydrogen-bond acceptors (Lipinski definition) is 9. The Morgan fingerprint density at radius 2 is 1.54 bits per heavy atom. The molecule has 0 saturated carbocycles. The van der Waals surface area contributed by atoms with Crippen molar-refractivity contribution in [1.82, 2.24) is 14.4 Å². The quantitative estimate of drug-likeness (QED) is 0.168. The molecule has 0 aliphatic carbocycles. The lowest BCUT2D eigenvalue weighted by molar-refractivity contribution is -0.267. The van der Waals surface area contributed by atoms with Gasteiger partial charge in [-0.2, -0.15) is 0 Å². The van der Waals surface area contributed by atoms with E-state index in [0.717, 1.165) is 22.5 Å². The Balaban J connectivity index is 1.52. The van der Waals surface area contributed by atoms with E-state index in [2.05, 4.69) is 12.1 Å². The van der Waals surface area contributed by atoms with Crippen molar-refractivity contribution in [2.45, 2.75) is 71.6 Å². The van der Waals surface area contributed by atoms with Gasteiger partial charge in [-0.15, -0.1) is 0 Å². The second kappa shape index (κ2) is 13.6. The van der Waals surface area contributed by atoms with Crippen molar-refractivity contribution in [2.24, 2.45) is 5.92 Å². The molecule has 0 spiro atoms. The average molecular weight is 624 g/mol. The van der Waals surface area contributed by atoms with Gasteiger partial charge >= 0.3 is 11.9 Å². The van der Waals surface area contributed by atoms with E-state index in [1.165, 1.54) is 13.8 Å². The highest BCUT2D eigenvalue weighted by atomic mass is 16.7. The third kappa shape index (κ3) is 6.67. The Bertz CT molecular complexity index is 1790. The third-order valence-corrected chi connectivity index (χ3v) is 8.15. The van der Waals surface area contributed by atoms with Gasteiger partial charge in [-0.1, -0.05) is 74.5 Å². The fourth-order valence-electron chi connectivity index (χ4n) is 6.00. The number of ether oxygens (including phenoxy) is 4. The van der Waals surface area contributed by atoms with Crippen molar-refractivity contribution in [2.75, 3.05) is 0 Å². The van der Waals surface area contributed by atoms with Gasteiger partial charge in [0.2, 0.25) is 18.3 Å². The van der Waals surface area contributed by atoms with Crippen LogP contribution in [-0.2, 0) is 36.6 Å². The second-order valence-electron chi connectivity index (χ2n) is 11.5. The summed E-state index contributed by atoms with van der Waals surface area (Å²) in [6.45, 7) is 6.54. The minimum Gasteiger partial charge on any atom is -0.469 e. The summed E-state index contributed by atoms with van der Waals surface area (Å²) in [5, 5.41) is 0. The summed E-state index contributed by atoms with van der Waals surface area (Å²) in [6, 6.07) is 23.7. The summed E-state index contributed by atoms with van der Waals surface area (Å²) in [7, 11) is 0. The van der Waals surface area contributed by atoms with Crippen molar-refractivity contribution in [1.29, 1.82) is 0 Å². The topological polar surface area (TPSA) is 114 Å². The predicted octanol–water partition coefficient (Wildman–Crippen LogP) is 6.18. The Hall–Kier alpha value is -4.96. The van der Waals surface area contributed by atoms with E-state index in [1.54, 1.807) is 6.26 Å². The highest BCUT2D eigenvalue weighted by Crippen LogP contribution is 2.36. The SMILES string of the molecule is CCC1OC(Oc2c(Cc3ccco3)nc3c(Cc4ccccc4)nc(-c4ccccc4)cn23)C(OC(C)=O)C(OC(C)=O)C1C. The number of imidazole rings is 1. The van der Waals surface area contributed by atoms with E-state index in [1.807, 2.05) is 85.1 Å². The van der Waals surface area contributed by atoms with Gasteiger partial charge in [0.25, 0.3) is 0 Å². The first kappa shape index (κ1) is 31.0. The maximum absolute atomic E-state index is 12.3. The highest BCUT2D eigenvalue weighted by molar-refractivity contribution is 5.67. The summed E-state index contributed by atoms with van der Waals surface area (Å²) in [4.78, 5) is 34.7. The van der Waals surface area contributed by atoms with Crippen LogP contribution in [0.25, 0.3) is 16.9 Å². The smallest absolute Gasteiger partial charge is 0.303 e. The molecule has 10 heteroatoms. The van der Waals surface area contributed by atoms with Crippen molar-refractivity contribution >= 4 is 17.6 Å². The van der Waals surface area contributed by atoms with Crippen LogP contribution in [0.15, 0.2) is 89.7 Å². The molecule has 4 heterocycles. The van der Waals surface area contributed by atoms with Crippen LogP contribution in [0.1, 0.15) is 56.8 Å². The second-order valence-corrected chi connectivity index (χ2v) is 11.5. The molecule has 46 heavy (non-hydrogen) atoms. The summed E-state index contributed by atoms with van der Waals surface area (Å²) < 4.78 is 32.3. The van der Waals surface area contributed by atoms with Gasteiger partial charge in [0.15, 0.2) is 5.65 Å². The molecule has 0 bridgehead atoms. The van der Waals surface area contributed by atoms with Crippen LogP contribution in [0.4, 0.5) is 0 Å². The van der Waals surface area contributed by atoms with Gasteiger partial charge in [-0.05, 0) is 24.1 Å². The van der Waals surface area contributed by atoms with E-state index < -0.39 is 30.4 Å². The Morgan fingerprint density at radius 3 is 2.20 bits per heavy atom. The standard InChI is InChI=1S/C36H37N3O7/c1-5-31-22(2)32(43-23(3)40)33(44-24(4)41)36(45-31)46-35-29(20-27-17-12-18-42-27)38-34-28(19-25-13-8-6-9-14-25)37-30(21-39(34)35)26-15-10-7-11-16-26/h6-18,21-22,31-33,36H,5,19-20H2,1-4H3. The van der Waals surface area contributed by atoms with Gasteiger partial charge in [0.05, 0.1) is 30.2 Å². The lowest BCUT2D eigenvalue weighted by atomic mass is 9.89. The molecule has 5 aromatic rings. The van der Waals surface area contributed by atoms with Gasteiger partial charge in [0, 0.05) is 37.9 Å². The molecule has 1 fully saturated rings. The van der Waals surface area contributed by atoms with Crippen molar-refractivity contribution in [3.63, 3.8) is 0 Å². The lowest BCUT2D eigenvalue weighted by Crippen LogP contribution is -2.58. The van der Waals surface area contributed by atoms with E-state index in [0.29, 0.717) is 42.2 Å². The average Bonchev–Trinajstić information content (AvgIpc) is 3.69. The molecule has 0 N–H and O–H groups in total. The number of aromatic nitrogens is 3. The molecule has 2 aromatic carbocycles. The molecular weight excluding hydrogens is 586 g/mol. The number of fused-ring (bicyclic) bond motifs is 1. The lowest BCUT2D eigenvalue weighted by Gasteiger charge is -2.43. The highest BCUT2D eigenvalue weighted by Gasteiger charge is 2.49. The van der Waals surface area contributed by atoms with E-state index in [9.17, 15) is 9.59 Å². The molecule has 5 unspecified atom stereocenters. The number of carbonyl (C=O) groups excluding carboxylic acids is 2. The van der Waals surface area contributed by atoms with Crippen LogP contribution in [0.5, 0.6) is 5.88 Å². The van der Waals surface area contributed by atoms with Crippen LogP contribution in [0.2, 0.25) is 0 Å². The van der Waals surface area contributed by atoms with Gasteiger partial charge in [0.1, 0.15) is 17.6 Å². The molecule has 1 aliphatic heterocycles. The van der Waals surface area contributed by atoms with E-state index in [-0.39, 0.29) is 12.0 Å². The summed E-state index contributed by atoms with van der Waals surface area (Å²) in [5.41, 5.74) is 4.67. The van der Waals surface area contributed by atoms with Crippen LogP contribution in [0.3, 0.4) is 0 Å². The molecule has 3 aromatic heterocycles. The Labute approximate surface area is 267 Å². The number of carbonyl (C=O) groups is 2. The van der Waals surface area contributed by atoms with Crippen molar-refractivity contribution in [3.05, 3.63) is 108 Å². The van der Waals surface area contributed by atoms with Gasteiger partial charge in [-0.25, -0.2) is 9.97 Å². The first-order valence-corrected chi connectivity index (χ1v) is 15.5. The maximum atomic E-state index is 12.3. The number of nitrogens with zero attached hydrogens (tertiary/aromatic N) is 3. The van der Waals surface area contributed by atoms with Crippen molar-refractivity contribution in [3.8, 4) is 17.1 Å². The minimum absolute atomic E-state index is 0.255. The van der Waals surface area contributed by atoms with Gasteiger partial charge in [-0.3, -0.25) is 14.0 Å². The fourth-order valence-corrected chi connectivity index (χ4v) is 6.00. The third-order valence-electron chi connectivity index (χ3n) is 8.15. The largest absolute Gasteiger partial charge is 0.469 e. The fraction of sp³-hybridized carbons (Fsp3) is 0.333. The van der Waals surface area contributed by atoms with Crippen LogP contribution < -0.4 is 4.74 Å². The van der Waals surface area contributed by atoms with Crippen LogP contribution in [-0.4, -0.2) is 50.9 Å². The number of benzene rings is 2. The zero-order valence-electron chi connectivity index (χ0n) is 26.3. The first-order chi connectivity index (χ1) is 22.3. The van der Waals surface area contributed by atoms with Crippen LogP contribution in [0, 0.1) is 5.92 Å². The predicted molar refractivity (Wildman–Crippen MR) is 169 cm³/mol. The summed E-state index contributed by atoms with van der Waals surface area (Å²) >= 11 is 0. The molecule has 1 saturated heterocycles. The molecule has 6 rings (SSSR count). The Morgan fingerprint density at radius 1 is 0.848 bits per heavy atom. The normalized spacial score (nSPS) is 21.2. The molecule has 0 amide bonds. The van der Waals surface area contributed by atoms with Crippen LogP contribution >= 0.6 is 0 Å². The first-order valence-electron chi connectivity index (χ1n) is 15.5. The molecule has 5 atom stereocenters. The number of esters is 2. The Kier molecular flexibility index (Phi) is 9.16. The summed E-state index contributed by atoms with van der Waals surface area (Å²) in [5.74, 6) is -0.214. The zero-order valence-corrected chi connectivity index (χ0v) is 26.3. The van der Waals surface area contributed by atoms with E-state index in [4.69, 9.17) is 33.3 Å². The molecule has 238 valence electrons. The zero-order chi connectivity index (χ0) is 32.2. The number of hydrogen-bond donors (Lipinski definition) is 0. The molecular formula is C36H37N3O7.